The summed E-state index contributed by atoms with van der Waals surface area (Å²) in [6, 6.07) is 0. The van der Waals surface area contributed by atoms with Crippen LogP contribution >= 0.6 is 24.0 Å². The molecule has 1 aromatic heterocycles. The van der Waals surface area contributed by atoms with Gasteiger partial charge in [-0.1, -0.05) is 25.7 Å². The lowest BCUT2D eigenvalue weighted by atomic mass is 9.79. The van der Waals surface area contributed by atoms with E-state index < -0.39 is 0 Å². The van der Waals surface area contributed by atoms with E-state index in [0.29, 0.717) is 12.1 Å². The number of hydrogen-bond donors (Lipinski definition) is 2. The van der Waals surface area contributed by atoms with Gasteiger partial charge in [0, 0.05) is 31.6 Å². The highest BCUT2D eigenvalue weighted by Gasteiger charge is 2.38. The zero-order chi connectivity index (χ0) is 19.9. The van der Waals surface area contributed by atoms with Crippen molar-refractivity contribution < 1.29 is 0 Å². The molecule has 0 atom stereocenters. The van der Waals surface area contributed by atoms with E-state index >= 15 is 0 Å². The Kier molecular flexibility index (Phi) is 9.22. The predicted octanol–water partition coefficient (Wildman–Crippen LogP) is 3.48. The number of fused-ring (bicyclic) bond motifs is 1. The third-order valence-corrected chi connectivity index (χ3v) is 7.05. The van der Waals surface area contributed by atoms with Crippen molar-refractivity contribution in [1.29, 1.82) is 0 Å². The molecule has 1 saturated heterocycles. The van der Waals surface area contributed by atoms with Crippen LogP contribution in [-0.4, -0.2) is 57.3 Å². The van der Waals surface area contributed by atoms with Crippen molar-refractivity contribution in [1.82, 2.24) is 30.3 Å². The number of guanidine groups is 1. The molecular formula is C22H40IN7. The summed E-state index contributed by atoms with van der Waals surface area (Å²) in [7, 11) is 0. The second kappa shape index (κ2) is 11.6. The Morgan fingerprint density at radius 3 is 2.43 bits per heavy atom. The van der Waals surface area contributed by atoms with Crippen LogP contribution in [0.2, 0.25) is 0 Å². The van der Waals surface area contributed by atoms with Gasteiger partial charge in [-0.3, -0.25) is 4.90 Å². The van der Waals surface area contributed by atoms with Crippen LogP contribution in [0.3, 0.4) is 0 Å². The maximum absolute atomic E-state index is 4.88. The van der Waals surface area contributed by atoms with E-state index in [1.807, 2.05) is 0 Å². The fourth-order valence-corrected chi connectivity index (χ4v) is 5.41. The minimum absolute atomic E-state index is 0. The second-order valence-electron chi connectivity index (χ2n) is 9.02. The maximum Gasteiger partial charge on any atom is 0.191 e. The Balaban J connectivity index is 0.00000256. The minimum Gasteiger partial charge on any atom is -0.357 e. The number of aryl methyl sites for hydroxylation is 1. The maximum atomic E-state index is 4.88. The first-order chi connectivity index (χ1) is 14.3. The molecule has 8 heteroatoms. The Labute approximate surface area is 198 Å². The van der Waals surface area contributed by atoms with Crippen molar-refractivity contribution in [3.05, 3.63) is 11.6 Å². The molecule has 2 aliphatic heterocycles. The first-order valence-corrected chi connectivity index (χ1v) is 12.0. The Bertz CT molecular complexity index is 675. The average Bonchev–Trinajstić information content (AvgIpc) is 3.20. The second-order valence-corrected chi connectivity index (χ2v) is 9.02. The number of hydrogen-bond acceptors (Lipinski definition) is 4. The van der Waals surface area contributed by atoms with Gasteiger partial charge in [-0.25, -0.2) is 4.99 Å². The van der Waals surface area contributed by atoms with Crippen molar-refractivity contribution in [2.45, 2.75) is 96.2 Å². The molecule has 0 radical (unpaired) electrons. The number of nitrogens with zero attached hydrogens (tertiary/aromatic N) is 5. The Morgan fingerprint density at radius 1 is 0.933 bits per heavy atom. The number of aromatic nitrogens is 3. The number of nitrogens with one attached hydrogen (secondary N) is 2. The molecule has 0 unspecified atom stereocenters. The molecule has 0 spiro atoms. The fraction of sp³-hybridized carbons (Fsp3) is 0.864. The van der Waals surface area contributed by atoms with Crippen LogP contribution in [0.15, 0.2) is 4.99 Å². The summed E-state index contributed by atoms with van der Waals surface area (Å²) in [6.45, 7) is 8.17. The van der Waals surface area contributed by atoms with Gasteiger partial charge in [0.25, 0.3) is 0 Å². The average molecular weight is 530 g/mol. The number of rotatable bonds is 6. The highest BCUT2D eigenvalue weighted by atomic mass is 127. The van der Waals surface area contributed by atoms with Crippen LogP contribution in [0.1, 0.15) is 82.8 Å². The molecule has 2 fully saturated rings. The lowest BCUT2D eigenvalue weighted by molar-refractivity contribution is 0.0368. The standard InChI is InChI=1S/C22H39N7.HI/c1-2-23-21(24-17-20-27-26-19-11-5-10-16-29(19)20)25-18-22(12-6-3-7-13-22)28-14-8-4-9-15-28;/h2-18H2,1H3,(H2,23,24,25);1H. The van der Waals surface area contributed by atoms with E-state index in [1.54, 1.807) is 0 Å². The lowest BCUT2D eigenvalue weighted by Crippen LogP contribution is -2.59. The van der Waals surface area contributed by atoms with Gasteiger partial charge in [0.1, 0.15) is 12.4 Å². The Hall–Kier alpha value is -0.900. The predicted molar refractivity (Wildman–Crippen MR) is 132 cm³/mol. The molecule has 30 heavy (non-hydrogen) atoms. The molecular weight excluding hydrogens is 489 g/mol. The molecule has 2 N–H and O–H groups in total. The van der Waals surface area contributed by atoms with Crippen LogP contribution in [0.5, 0.6) is 0 Å². The molecule has 0 aromatic carbocycles. The van der Waals surface area contributed by atoms with Crippen molar-refractivity contribution in [3.63, 3.8) is 0 Å². The van der Waals surface area contributed by atoms with Gasteiger partial charge in [-0.2, -0.15) is 0 Å². The van der Waals surface area contributed by atoms with E-state index in [4.69, 9.17) is 4.99 Å². The Morgan fingerprint density at radius 2 is 1.67 bits per heavy atom. The van der Waals surface area contributed by atoms with Crippen LogP contribution in [-0.2, 0) is 19.5 Å². The van der Waals surface area contributed by atoms with Gasteiger partial charge in [0.05, 0.1) is 0 Å². The van der Waals surface area contributed by atoms with E-state index in [0.717, 1.165) is 43.7 Å². The zero-order valence-electron chi connectivity index (χ0n) is 18.7. The molecule has 170 valence electrons. The monoisotopic (exact) mass is 529 g/mol. The number of piperidine rings is 1. The molecule has 3 aliphatic rings. The van der Waals surface area contributed by atoms with Crippen molar-refractivity contribution in [2.24, 2.45) is 4.99 Å². The van der Waals surface area contributed by atoms with Gasteiger partial charge in [-0.15, -0.1) is 34.2 Å². The molecule has 1 aromatic rings. The molecule has 0 amide bonds. The van der Waals surface area contributed by atoms with Crippen molar-refractivity contribution in [2.75, 3.05) is 26.2 Å². The molecule has 1 aliphatic carbocycles. The molecule has 7 nitrogen and oxygen atoms in total. The first kappa shape index (κ1) is 23.8. The summed E-state index contributed by atoms with van der Waals surface area (Å²) >= 11 is 0. The minimum atomic E-state index is 0. The highest BCUT2D eigenvalue weighted by Crippen LogP contribution is 2.35. The normalized spacial score (nSPS) is 22.1. The zero-order valence-corrected chi connectivity index (χ0v) is 21.0. The summed E-state index contributed by atoms with van der Waals surface area (Å²) in [5, 5.41) is 15.9. The largest absolute Gasteiger partial charge is 0.357 e. The third-order valence-electron chi connectivity index (χ3n) is 7.05. The lowest BCUT2D eigenvalue weighted by Gasteiger charge is -2.48. The topological polar surface area (TPSA) is 70.4 Å². The third kappa shape index (κ3) is 5.66. The van der Waals surface area contributed by atoms with Crippen molar-refractivity contribution >= 4 is 29.9 Å². The molecule has 0 bridgehead atoms. The van der Waals surface area contributed by atoms with E-state index in [2.05, 4.69) is 37.2 Å². The van der Waals surface area contributed by atoms with Crippen LogP contribution in [0.4, 0.5) is 0 Å². The molecule has 1 saturated carbocycles. The molecule has 3 heterocycles. The van der Waals surface area contributed by atoms with E-state index in [-0.39, 0.29) is 24.0 Å². The number of likely N-dealkylation sites (tertiary alicyclic amines) is 1. The van der Waals surface area contributed by atoms with Gasteiger partial charge in [0.15, 0.2) is 11.8 Å². The summed E-state index contributed by atoms with van der Waals surface area (Å²) < 4.78 is 2.27. The van der Waals surface area contributed by atoms with E-state index in [9.17, 15) is 0 Å². The quantitative estimate of drug-likeness (QED) is 0.336. The SMILES string of the molecule is CCNC(=NCc1nnc2n1CCCC2)NCC1(N2CCCCC2)CCCCC1.I. The highest BCUT2D eigenvalue weighted by molar-refractivity contribution is 14.0. The van der Waals surface area contributed by atoms with Crippen LogP contribution in [0, 0.1) is 0 Å². The summed E-state index contributed by atoms with van der Waals surface area (Å²) in [4.78, 5) is 7.67. The summed E-state index contributed by atoms with van der Waals surface area (Å²) in [5.41, 5.74) is 0.308. The smallest absolute Gasteiger partial charge is 0.191 e. The molecule has 4 rings (SSSR count). The van der Waals surface area contributed by atoms with Crippen LogP contribution < -0.4 is 10.6 Å². The van der Waals surface area contributed by atoms with Gasteiger partial charge in [0.2, 0.25) is 0 Å². The number of halogens is 1. The van der Waals surface area contributed by atoms with Gasteiger partial charge in [-0.05, 0) is 58.5 Å². The van der Waals surface area contributed by atoms with E-state index in [1.165, 1.54) is 77.3 Å². The van der Waals surface area contributed by atoms with Gasteiger partial charge < -0.3 is 15.2 Å². The number of aliphatic imine (C=N–C) groups is 1. The fourth-order valence-electron chi connectivity index (χ4n) is 5.41. The van der Waals surface area contributed by atoms with Crippen LogP contribution in [0.25, 0.3) is 0 Å². The first-order valence-electron chi connectivity index (χ1n) is 12.0. The van der Waals surface area contributed by atoms with Gasteiger partial charge >= 0.3 is 0 Å². The van der Waals surface area contributed by atoms with Crippen molar-refractivity contribution in [3.8, 4) is 0 Å². The summed E-state index contributed by atoms with van der Waals surface area (Å²) in [5.74, 6) is 3.05. The summed E-state index contributed by atoms with van der Waals surface area (Å²) in [6.07, 6.45) is 14.3.